The van der Waals surface area contributed by atoms with Gasteiger partial charge in [0, 0.05) is 23.7 Å². The number of carbonyl (C=O) groups is 1. The summed E-state index contributed by atoms with van der Waals surface area (Å²) < 4.78 is 5.44. The van der Waals surface area contributed by atoms with Gasteiger partial charge in [-0.3, -0.25) is 4.79 Å². The minimum Gasteiger partial charge on any atom is -0.395 e. The van der Waals surface area contributed by atoms with Crippen LogP contribution in [0, 0.1) is 6.92 Å². The number of rotatable bonds is 7. The molecule has 26 heavy (non-hydrogen) atoms. The van der Waals surface area contributed by atoms with Gasteiger partial charge in [0.2, 0.25) is 5.89 Å². The molecule has 1 aromatic carbocycles. The Morgan fingerprint density at radius 1 is 1.31 bits per heavy atom. The summed E-state index contributed by atoms with van der Waals surface area (Å²) in [5.41, 5.74) is 2.28. The van der Waals surface area contributed by atoms with E-state index in [9.17, 15) is 4.79 Å². The molecule has 1 heterocycles. The lowest BCUT2D eigenvalue weighted by atomic mass is 9.89. The van der Waals surface area contributed by atoms with Crippen LogP contribution in [0.5, 0.6) is 0 Å². The van der Waals surface area contributed by atoms with Gasteiger partial charge in [0.15, 0.2) is 5.82 Å². The van der Waals surface area contributed by atoms with Crippen LogP contribution in [0.4, 0.5) is 5.69 Å². The van der Waals surface area contributed by atoms with Crippen LogP contribution in [0.15, 0.2) is 22.7 Å². The van der Waals surface area contributed by atoms with E-state index < -0.39 is 0 Å². The first kappa shape index (κ1) is 18.4. The zero-order chi connectivity index (χ0) is 18.4. The van der Waals surface area contributed by atoms with Crippen molar-refractivity contribution in [1.29, 1.82) is 0 Å². The van der Waals surface area contributed by atoms with Crippen LogP contribution >= 0.6 is 0 Å². The standard InChI is InChI=1S/C19H26N4O3/c1-13-15(18(25)20-10-11-24)8-5-9-16(13)21-12-17-22-19(26-23-17)14-6-3-2-4-7-14/h5,8-9,14,21,24H,2-4,6-7,10-12H2,1H3,(H,20,25). The van der Waals surface area contributed by atoms with Gasteiger partial charge in [0.25, 0.3) is 5.91 Å². The molecule has 7 heteroatoms. The lowest BCUT2D eigenvalue weighted by molar-refractivity contribution is 0.0944. The maximum Gasteiger partial charge on any atom is 0.251 e. The van der Waals surface area contributed by atoms with Gasteiger partial charge < -0.3 is 20.3 Å². The maximum atomic E-state index is 12.1. The molecule has 1 fully saturated rings. The molecule has 1 aliphatic carbocycles. The van der Waals surface area contributed by atoms with Gasteiger partial charge in [-0.1, -0.05) is 30.5 Å². The summed E-state index contributed by atoms with van der Waals surface area (Å²) in [6, 6.07) is 5.51. The molecule has 3 rings (SSSR count). The number of amides is 1. The summed E-state index contributed by atoms with van der Waals surface area (Å²) in [6.07, 6.45) is 5.99. The van der Waals surface area contributed by atoms with Crippen molar-refractivity contribution < 1.29 is 14.4 Å². The van der Waals surface area contributed by atoms with Crippen molar-refractivity contribution in [2.45, 2.75) is 51.5 Å². The van der Waals surface area contributed by atoms with E-state index in [1.165, 1.54) is 19.3 Å². The van der Waals surface area contributed by atoms with Crippen LogP contribution in [0.25, 0.3) is 0 Å². The normalized spacial score (nSPS) is 15.0. The zero-order valence-electron chi connectivity index (χ0n) is 15.1. The summed E-state index contributed by atoms with van der Waals surface area (Å²) in [5.74, 6) is 1.57. The van der Waals surface area contributed by atoms with Crippen molar-refractivity contribution in [3.8, 4) is 0 Å². The molecule has 0 aliphatic heterocycles. The van der Waals surface area contributed by atoms with Crippen molar-refractivity contribution >= 4 is 11.6 Å². The highest BCUT2D eigenvalue weighted by Crippen LogP contribution is 2.31. The fourth-order valence-corrected chi connectivity index (χ4v) is 3.37. The Bertz CT molecular complexity index is 738. The van der Waals surface area contributed by atoms with E-state index in [4.69, 9.17) is 9.63 Å². The highest BCUT2D eigenvalue weighted by Gasteiger charge is 2.21. The van der Waals surface area contributed by atoms with E-state index in [1.807, 2.05) is 19.1 Å². The van der Waals surface area contributed by atoms with Crippen molar-refractivity contribution in [2.24, 2.45) is 0 Å². The smallest absolute Gasteiger partial charge is 0.251 e. The lowest BCUT2D eigenvalue weighted by Crippen LogP contribution is -2.27. The predicted molar refractivity (Wildman–Crippen MR) is 98.0 cm³/mol. The number of anilines is 1. The Morgan fingerprint density at radius 3 is 2.88 bits per heavy atom. The molecule has 1 aromatic heterocycles. The molecule has 0 bridgehead atoms. The molecule has 3 N–H and O–H groups in total. The van der Waals surface area contributed by atoms with E-state index in [1.54, 1.807) is 6.07 Å². The third kappa shape index (κ3) is 4.40. The minimum atomic E-state index is -0.195. The number of aliphatic hydroxyl groups excluding tert-OH is 1. The number of carbonyl (C=O) groups excluding carboxylic acids is 1. The molecule has 0 atom stereocenters. The molecule has 1 aliphatic rings. The maximum absolute atomic E-state index is 12.1. The summed E-state index contributed by atoms with van der Waals surface area (Å²) in [7, 11) is 0. The molecule has 1 saturated carbocycles. The van der Waals surface area contributed by atoms with Gasteiger partial charge in [-0.2, -0.15) is 4.98 Å². The fourth-order valence-electron chi connectivity index (χ4n) is 3.37. The average Bonchev–Trinajstić information content (AvgIpc) is 3.15. The largest absolute Gasteiger partial charge is 0.395 e. The number of aliphatic hydroxyl groups is 1. The number of nitrogens with zero attached hydrogens (tertiary/aromatic N) is 2. The average molecular weight is 358 g/mol. The minimum absolute atomic E-state index is 0.0795. The van der Waals surface area contributed by atoms with Crippen LogP contribution < -0.4 is 10.6 Å². The van der Waals surface area contributed by atoms with Crippen molar-refractivity contribution in [1.82, 2.24) is 15.5 Å². The molecule has 140 valence electrons. The van der Waals surface area contributed by atoms with Gasteiger partial charge >= 0.3 is 0 Å². The number of aromatic nitrogens is 2. The summed E-state index contributed by atoms with van der Waals surface area (Å²) in [5, 5.41) is 18.9. The van der Waals surface area contributed by atoms with Crippen molar-refractivity contribution in [3.05, 3.63) is 41.0 Å². The quantitative estimate of drug-likeness (QED) is 0.704. The molecule has 0 radical (unpaired) electrons. The van der Waals surface area contributed by atoms with Gasteiger partial charge in [-0.25, -0.2) is 0 Å². The van der Waals surface area contributed by atoms with Gasteiger partial charge in [-0.05, 0) is 37.5 Å². The monoisotopic (exact) mass is 358 g/mol. The molecule has 0 unspecified atom stereocenters. The Morgan fingerprint density at radius 2 is 2.12 bits per heavy atom. The van der Waals surface area contributed by atoms with Crippen LogP contribution in [0.3, 0.4) is 0 Å². The number of hydrogen-bond acceptors (Lipinski definition) is 6. The van der Waals surface area contributed by atoms with Crippen LogP contribution in [0.1, 0.15) is 65.7 Å². The third-order valence-corrected chi connectivity index (χ3v) is 4.85. The first-order valence-corrected chi connectivity index (χ1v) is 9.24. The predicted octanol–water partition coefficient (Wildman–Crippen LogP) is 2.76. The molecular weight excluding hydrogens is 332 g/mol. The highest BCUT2D eigenvalue weighted by atomic mass is 16.5. The van der Waals surface area contributed by atoms with Crippen LogP contribution in [-0.4, -0.2) is 34.3 Å². The second-order valence-electron chi connectivity index (χ2n) is 6.69. The van der Waals surface area contributed by atoms with E-state index in [0.29, 0.717) is 23.9 Å². The number of hydrogen-bond donors (Lipinski definition) is 3. The fraction of sp³-hybridized carbons (Fsp3) is 0.526. The molecule has 0 spiro atoms. The lowest BCUT2D eigenvalue weighted by Gasteiger charge is -2.17. The Hall–Kier alpha value is -2.41. The Kier molecular flexibility index (Phi) is 6.22. The molecule has 7 nitrogen and oxygen atoms in total. The van der Waals surface area contributed by atoms with Gasteiger partial charge in [0.1, 0.15) is 0 Å². The Balaban J connectivity index is 1.63. The topological polar surface area (TPSA) is 100 Å². The first-order chi connectivity index (χ1) is 12.7. The molecule has 2 aromatic rings. The summed E-state index contributed by atoms with van der Waals surface area (Å²) in [4.78, 5) is 16.7. The van der Waals surface area contributed by atoms with Crippen LogP contribution in [0.2, 0.25) is 0 Å². The second-order valence-corrected chi connectivity index (χ2v) is 6.69. The first-order valence-electron chi connectivity index (χ1n) is 9.24. The van der Waals surface area contributed by atoms with E-state index in [-0.39, 0.29) is 19.1 Å². The Labute approximate surface area is 153 Å². The molecular formula is C19H26N4O3. The molecule has 1 amide bonds. The van der Waals surface area contributed by atoms with Crippen molar-refractivity contribution in [2.75, 3.05) is 18.5 Å². The van der Waals surface area contributed by atoms with Crippen LogP contribution in [-0.2, 0) is 6.54 Å². The SMILES string of the molecule is Cc1c(NCc2noc(C3CCCCC3)n2)cccc1C(=O)NCCO. The number of benzene rings is 1. The zero-order valence-corrected chi connectivity index (χ0v) is 15.1. The van der Waals surface area contributed by atoms with Crippen molar-refractivity contribution in [3.63, 3.8) is 0 Å². The third-order valence-electron chi connectivity index (χ3n) is 4.85. The van der Waals surface area contributed by atoms with E-state index in [0.717, 1.165) is 30.0 Å². The summed E-state index contributed by atoms with van der Waals surface area (Å²) >= 11 is 0. The second kappa shape index (κ2) is 8.80. The number of nitrogens with one attached hydrogen (secondary N) is 2. The van der Waals surface area contributed by atoms with Gasteiger partial charge in [0.05, 0.1) is 13.2 Å². The highest BCUT2D eigenvalue weighted by molar-refractivity contribution is 5.97. The molecule has 0 saturated heterocycles. The van der Waals surface area contributed by atoms with E-state index in [2.05, 4.69) is 20.8 Å². The van der Waals surface area contributed by atoms with E-state index >= 15 is 0 Å². The summed E-state index contributed by atoms with van der Waals surface area (Å²) in [6.45, 7) is 2.49. The van der Waals surface area contributed by atoms with Gasteiger partial charge in [-0.15, -0.1) is 0 Å².